The lowest BCUT2D eigenvalue weighted by Gasteiger charge is -2.28. The zero-order valence-electron chi connectivity index (χ0n) is 15.9. The monoisotopic (exact) mass is 449 g/mol. The molecule has 4 rings (SSSR count). The van der Waals surface area contributed by atoms with Crippen molar-refractivity contribution in [3.8, 4) is 11.1 Å². The summed E-state index contributed by atoms with van der Waals surface area (Å²) in [7, 11) is 0. The number of nitrogens with one attached hydrogen (secondary N) is 2. The molecule has 3 aromatic rings. The predicted molar refractivity (Wildman–Crippen MR) is 118 cm³/mol. The van der Waals surface area contributed by atoms with Gasteiger partial charge in [-0.1, -0.05) is 29.8 Å². The normalized spacial score (nSPS) is 18.4. The van der Waals surface area contributed by atoms with Crippen molar-refractivity contribution in [1.82, 2.24) is 15.0 Å². The molecule has 1 fully saturated rings. The van der Waals surface area contributed by atoms with Gasteiger partial charge in [0.2, 0.25) is 5.95 Å². The van der Waals surface area contributed by atoms with Gasteiger partial charge in [0.1, 0.15) is 11.8 Å². The van der Waals surface area contributed by atoms with Gasteiger partial charge in [-0.05, 0) is 37.8 Å². The van der Waals surface area contributed by atoms with Crippen LogP contribution in [0.3, 0.4) is 0 Å². The molecule has 1 aliphatic carbocycles. The highest BCUT2D eigenvalue weighted by molar-refractivity contribution is 6.33. The Morgan fingerprint density at radius 2 is 1.93 bits per heavy atom. The molecule has 30 heavy (non-hydrogen) atoms. The Hall–Kier alpha value is -2.84. The predicted octanol–water partition coefficient (Wildman–Crippen LogP) is 3.88. The van der Waals surface area contributed by atoms with Gasteiger partial charge < -0.3 is 20.8 Å². The summed E-state index contributed by atoms with van der Waals surface area (Å²) in [4.78, 5) is 35.0. The highest BCUT2D eigenvalue weighted by atomic mass is 35.5. The number of rotatable bonds is 4. The van der Waals surface area contributed by atoms with Crippen molar-refractivity contribution in [1.29, 1.82) is 0 Å². The van der Waals surface area contributed by atoms with E-state index in [-0.39, 0.29) is 30.1 Å². The van der Waals surface area contributed by atoms with Crippen molar-refractivity contribution in [3.05, 3.63) is 51.9 Å². The minimum absolute atomic E-state index is 0. The number of nitrogens with two attached hydrogens (primary N) is 1. The van der Waals surface area contributed by atoms with E-state index in [9.17, 15) is 9.59 Å². The molecule has 0 radical (unpaired) electrons. The van der Waals surface area contributed by atoms with Gasteiger partial charge in [0.05, 0.1) is 0 Å². The van der Waals surface area contributed by atoms with E-state index in [0.717, 1.165) is 25.7 Å². The molecule has 2 aromatic heterocycles. The third kappa shape index (κ3) is 4.83. The number of pyridine rings is 1. The quantitative estimate of drug-likeness (QED) is 0.555. The van der Waals surface area contributed by atoms with Gasteiger partial charge in [0.25, 0.3) is 5.56 Å². The first-order chi connectivity index (χ1) is 14.0. The lowest BCUT2D eigenvalue weighted by Crippen LogP contribution is -2.32. The molecule has 0 spiro atoms. The fraction of sp³-hybridized carbons (Fsp3) is 0.300. The molecule has 1 aliphatic rings. The number of fused-ring (bicyclic) bond motifs is 1. The molecular weight excluding hydrogens is 429 g/mol. The first kappa shape index (κ1) is 21.9. The number of hydrogen-bond donors (Lipinski definition) is 3. The van der Waals surface area contributed by atoms with Gasteiger partial charge in [-0.25, -0.2) is 9.78 Å². The molecule has 2 heterocycles. The summed E-state index contributed by atoms with van der Waals surface area (Å²) >= 11 is 6.23. The molecule has 1 amide bonds. The Balaban J connectivity index is 0.00000256. The third-order valence-corrected chi connectivity index (χ3v) is 5.38. The zero-order chi connectivity index (χ0) is 20.4. The van der Waals surface area contributed by atoms with E-state index in [1.54, 1.807) is 24.4 Å². The summed E-state index contributed by atoms with van der Waals surface area (Å²) in [6.45, 7) is 0. The number of benzene rings is 1. The molecular formula is C20H21Cl2N5O3. The molecule has 0 unspecified atom stereocenters. The highest BCUT2D eigenvalue weighted by Crippen LogP contribution is 2.27. The van der Waals surface area contributed by atoms with Crippen LogP contribution in [0.15, 0.2) is 41.3 Å². The molecule has 158 valence electrons. The van der Waals surface area contributed by atoms with Crippen molar-refractivity contribution in [2.45, 2.75) is 37.8 Å². The van der Waals surface area contributed by atoms with Crippen molar-refractivity contribution >= 4 is 47.1 Å². The standard InChI is InChI=1S/C20H20ClN5O3.ClH/c21-16-4-2-1-3-14(16)15-9-11-10-23-20(26-17(11)25-18(15)27)24-12-5-7-13(8-6-12)29-19(22)28;/h1-4,9-10,12-13H,5-8H2,(H2,22,28)(H2,23,24,25,26,27);1H. The average Bonchev–Trinajstić information content (AvgIpc) is 2.69. The number of carbonyl (C=O) groups excluding carboxylic acids is 1. The second-order valence-electron chi connectivity index (χ2n) is 7.04. The van der Waals surface area contributed by atoms with Crippen LogP contribution < -0.4 is 16.6 Å². The Morgan fingerprint density at radius 3 is 2.63 bits per heavy atom. The van der Waals surface area contributed by atoms with Crippen LogP contribution in [-0.2, 0) is 4.74 Å². The van der Waals surface area contributed by atoms with Crippen LogP contribution in [-0.4, -0.2) is 33.2 Å². The maximum Gasteiger partial charge on any atom is 0.404 e. The van der Waals surface area contributed by atoms with Crippen LogP contribution in [0.1, 0.15) is 25.7 Å². The van der Waals surface area contributed by atoms with E-state index in [1.807, 2.05) is 12.1 Å². The summed E-state index contributed by atoms with van der Waals surface area (Å²) in [5.41, 5.74) is 6.39. The first-order valence-corrected chi connectivity index (χ1v) is 9.75. The fourth-order valence-corrected chi connectivity index (χ4v) is 3.85. The summed E-state index contributed by atoms with van der Waals surface area (Å²) in [5.74, 6) is 0.443. The van der Waals surface area contributed by atoms with Crippen molar-refractivity contribution in [3.63, 3.8) is 0 Å². The molecule has 0 atom stereocenters. The molecule has 1 saturated carbocycles. The van der Waals surface area contributed by atoms with E-state index < -0.39 is 6.09 Å². The first-order valence-electron chi connectivity index (χ1n) is 9.37. The molecule has 0 saturated heterocycles. The summed E-state index contributed by atoms with van der Waals surface area (Å²) in [6, 6.07) is 9.09. The molecule has 8 nitrogen and oxygen atoms in total. The van der Waals surface area contributed by atoms with Crippen LogP contribution in [0.2, 0.25) is 5.02 Å². The Morgan fingerprint density at radius 1 is 1.20 bits per heavy atom. The summed E-state index contributed by atoms with van der Waals surface area (Å²) < 4.78 is 5.05. The second kappa shape index (κ2) is 9.32. The topological polar surface area (TPSA) is 123 Å². The SMILES string of the molecule is Cl.NC(=O)OC1CCC(Nc2ncc3cc(-c4ccccc4Cl)c(=O)[nH]c3n2)CC1. The Bertz CT molecular complexity index is 1110. The third-order valence-electron chi connectivity index (χ3n) is 5.05. The number of halogens is 2. The maximum atomic E-state index is 12.6. The van der Waals surface area contributed by atoms with Gasteiger partial charge in [-0.3, -0.25) is 4.79 Å². The van der Waals surface area contributed by atoms with Crippen LogP contribution >= 0.6 is 24.0 Å². The van der Waals surface area contributed by atoms with Gasteiger partial charge in [-0.2, -0.15) is 4.98 Å². The number of anilines is 1. The van der Waals surface area contributed by atoms with Crippen molar-refractivity contribution in [2.75, 3.05) is 5.32 Å². The summed E-state index contributed by atoms with van der Waals surface area (Å²) in [6.07, 6.45) is 3.87. The zero-order valence-corrected chi connectivity index (χ0v) is 17.5. The van der Waals surface area contributed by atoms with E-state index >= 15 is 0 Å². The number of ether oxygens (including phenoxy) is 1. The lowest BCUT2D eigenvalue weighted by atomic mass is 9.93. The molecule has 1 aromatic carbocycles. The maximum absolute atomic E-state index is 12.6. The minimum atomic E-state index is -0.737. The van der Waals surface area contributed by atoms with Crippen LogP contribution in [0.5, 0.6) is 0 Å². The van der Waals surface area contributed by atoms with Crippen molar-refractivity contribution in [2.24, 2.45) is 5.73 Å². The van der Waals surface area contributed by atoms with Gasteiger partial charge >= 0.3 is 6.09 Å². The number of nitrogens with zero attached hydrogens (tertiary/aromatic N) is 2. The van der Waals surface area contributed by atoms with Crippen molar-refractivity contribution < 1.29 is 9.53 Å². The van der Waals surface area contributed by atoms with Crippen LogP contribution in [0.4, 0.5) is 10.7 Å². The molecule has 0 aliphatic heterocycles. The highest BCUT2D eigenvalue weighted by Gasteiger charge is 2.23. The number of amides is 1. The smallest absolute Gasteiger partial charge is 0.404 e. The Labute approximate surface area is 183 Å². The van der Waals surface area contributed by atoms with E-state index in [2.05, 4.69) is 20.3 Å². The minimum Gasteiger partial charge on any atom is -0.446 e. The summed E-state index contributed by atoms with van der Waals surface area (Å²) in [5, 5.41) is 4.50. The lowest BCUT2D eigenvalue weighted by molar-refractivity contribution is 0.0805. The van der Waals surface area contributed by atoms with E-state index in [0.29, 0.717) is 33.1 Å². The van der Waals surface area contributed by atoms with E-state index in [1.165, 1.54) is 0 Å². The number of aromatic nitrogens is 3. The van der Waals surface area contributed by atoms with Crippen LogP contribution in [0, 0.1) is 0 Å². The largest absolute Gasteiger partial charge is 0.446 e. The fourth-order valence-electron chi connectivity index (χ4n) is 3.61. The van der Waals surface area contributed by atoms with Crippen LogP contribution in [0.25, 0.3) is 22.2 Å². The molecule has 4 N–H and O–H groups in total. The van der Waals surface area contributed by atoms with Gasteiger partial charge in [-0.15, -0.1) is 12.4 Å². The number of aromatic amines is 1. The van der Waals surface area contributed by atoms with Gasteiger partial charge in [0, 0.05) is 33.8 Å². The average molecular weight is 450 g/mol. The molecule has 0 bridgehead atoms. The number of carbonyl (C=O) groups is 1. The van der Waals surface area contributed by atoms with E-state index in [4.69, 9.17) is 22.1 Å². The Kier molecular flexibility index (Phi) is 6.79. The second-order valence-corrected chi connectivity index (χ2v) is 7.45. The molecule has 10 heteroatoms. The number of hydrogen-bond acceptors (Lipinski definition) is 6. The number of primary amides is 1. The number of H-pyrrole nitrogens is 1. The van der Waals surface area contributed by atoms with Gasteiger partial charge in [0.15, 0.2) is 0 Å².